The average Bonchev–Trinajstić information content (AvgIpc) is 2.65. The number of hydrogen-bond acceptors (Lipinski definition) is 1. The quantitative estimate of drug-likeness (QED) is 0.667. The standard InChI is InChI=1S/C20H27ClF3N3O/c21-18-7-6-16(12-17(18)20(22,23)24)25-19(28)14-27-10-8-26(9-11-27)13-15-4-2-1-3-5-15/h6-7,12,15H,1-5,8-11,13-14H2,(H,25,28)/p+2. The van der Waals surface area contributed by atoms with Crippen molar-refractivity contribution >= 4 is 23.2 Å². The van der Waals surface area contributed by atoms with E-state index in [-0.39, 0.29) is 23.2 Å². The second-order valence-corrected chi connectivity index (χ2v) is 8.53. The smallest absolute Gasteiger partial charge is 0.325 e. The highest BCUT2D eigenvalue weighted by Crippen LogP contribution is 2.36. The van der Waals surface area contributed by atoms with Crippen molar-refractivity contribution in [3.8, 4) is 0 Å². The van der Waals surface area contributed by atoms with Gasteiger partial charge in [-0.15, -0.1) is 0 Å². The van der Waals surface area contributed by atoms with E-state index in [0.717, 1.165) is 38.2 Å². The van der Waals surface area contributed by atoms with Gasteiger partial charge in [-0.3, -0.25) is 4.79 Å². The Bertz CT molecular complexity index is 669. The lowest BCUT2D eigenvalue weighted by atomic mass is 9.89. The summed E-state index contributed by atoms with van der Waals surface area (Å²) in [4.78, 5) is 15.1. The Kier molecular flexibility index (Phi) is 7.23. The first-order chi connectivity index (χ1) is 13.3. The predicted octanol–water partition coefficient (Wildman–Crippen LogP) is 1.66. The van der Waals surface area contributed by atoms with Gasteiger partial charge in [0.25, 0.3) is 5.91 Å². The third-order valence-corrected chi connectivity index (χ3v) is 6.26. The van der Waals surface area contributed by atoms with Crippen molar-refractivity contribution in [3.63, 3.8) is 0 Å². The van der Waals surface area contributed by atoms with Gasteiger partial charge in [-0.05, 0) is 31.0 Å². The summed E-state index contributed by atoms with van der Waals surface area (Å²) in [6, 6.07) is 3.46. The Balaban J connectivity index is 1.44. The summed E-state index contributed by atoms with van der Waals surface area (Å²) in [5, 5.41) is 2.21. The lowest BCUT2D eigenvalue weighted by molar-refractivity contribution is -1.01. The van der Waals surface area contributed by atoms with Gasteiger partial charge in [-0.25, -0.2) is 0 Å². The molecule has 4 nitrogen and oxygen atoms in total. The largest absolute Gasteiger partial charge is 0.417 e. The zero-order chi connectivity index (χ0) is 20.1. The molecule has 3 N–H and O–H groups in total. The molecule has 0 bridgehead atoms. The molecule has 1 aliphatic carbocycles. The van der Waals surface area contributed by atoms with Crippen molar-refractivity contribution in [2.75, 3.05) is 44.6 Å². The van der Waals surface area contributed by atoms with E-state index in [1.165, 1.54) is 55.7 Å². The molecular formula is C20H29ClF3N3O+2. The SMILES string of the molecule is O=C(C[NH+]1CC[NH+](CC2CCCCC2)CC1)Nc1ccc(Cl)c(C(F)(F)F)c1. The number of piperazine rings is 1. The lowest BCUT2D eigenvalue weighted by Gasteiger charge is -2.32. The van der Waals surface area contributed by atoms with Gasteiger partial charge in [0.2, 0.25) is 0 Å². The number of nitrogens with one attached hydrogen (secondary N) is 3. The van der Waals surface area contributed by atoms with Gasteiger partial charge in [0.1, 0.15) is 26.2 Å². The highest BCUT2D eigenvalue weighted by Gasteiger charge is 2.33. The van der Waals surface area contributed by atoms with Gasteiger partial charge in [0.15, 0.2) is 6.54 Å². The summed E-state index contributed by atoms with van der Waals surface area (Å²) in [5.74, 6) is 0.586. The van der Waals surface area contributed by atoms with E-state index in [9.17, 15) is 18.0 Å². The zero-order valence-electron chi connectivity index (χ0n) is 16.0. The Morgan fingerprint density at radius 1 is 1.07 bits per heavy atom. The van der Waals surface area contributed by atoms with E-state index >= 15 is 0 Å². The number of rotatable bonds is 5. The fraction of sp³-hybridized carbons (Fsp3) is 0.650. The van der Waals surface area contributed by atoms with Crippen LogP contribution in [0.1, 0.15) is 37.7 Å². The number of amides is 1. The van der Waals surface area contributed by atoms with Crippen LogP contribution in [0.2, 0.25) is 5.02 Å². The van der Waals surface area contributed by atoms with Crippen molar-refractivity contribution in [3.05, 3.63) is 28.8 Å². The second kappa shape index (κ2) is 9.46. The molecule has 0 aromatic heterocycles. The fourth-order valence-electron chi connectivity index (χ4n) is 4.39. The molecule has 1 heterocycles. The van der Waals surface area contributed by atoms with Gasteiger partial charge in [0.05, 0.1) is 17.1 Å². The Hall–Kier alpha value is -1.31. The monoisotopic (exact) mass is 419 g/mol. The van der Waals surface area contributed by atoms with Gasteiger partial charge in [-0.1, -0.05) is 30.9 Å². The van der Waals surface area contributed by atoms with E-state index in [2.05, 4.69) is 5.32 Å². The van der Waals surface area contributed by atoms with Crippen LogP contribution in [0.4, 0.5) is 18.9 Å². The molecule has 0 radical (unpaired) electrons. The molecule has 3 rings (SSSR count). The second-order valence-electron chi connectivity index (χ2n) is 8.13. The summed E-state index contributed by atoms with van der Waals surface area (Å²) >= 11 is 5.62. The topological polar surface area (TPSA) is 38.0 Å². The third kappa shape index (κ3) is 6.09. The summed E-state index contributed by atoms with van der Waals surface area (Å²) < 4.78 is 38.8. The van der Waals surface area contributed by atoms with Crippen molar-refractivity contribution in [2.24, 2.45) is 5.92 Å². The van der Waals surface area contributed by atoms with Crippen LogP contribution in [0.15, 0.2) is 18.2 Å². The molecule has 1 aromatic carbocycles. The predicted molar refractivity (Wildman–Crippen MR) is 103 cm³/mol. The zero-order valence-corrected chi connectivity index (χ0v) is 16.8. The molecule has 8 heteroatoms. The average molecular weight is 420 g/mol. The first kappa shape index (κ1) is 21.4. The molecule has 0 atom stereocenters. The van der Waals surface area contributed by atoms with Crippen LogP contribution < -0.4 is 15.1 Å². The maximum absolute atomic E-state index is 12.9. The molecule has 28 heavy (non-hydrogen) atoms. The Morgan fingerprint density at radius 3 is 2.36 bits per heavy atom. The van der Waals surface area contributed by atoms with E-state index < -0.39 is 11.7 Å². The van der Waals surface area contributed by atoms with E-state index in [1.807, 2.05) is 0 Å². The highest BCUT2D eigenvalue weighted by atomic mass is 35.5. The van der Waals surface area contributed by atoms with Crippen LogP contribution in [0.25, 0.3) is 0 Å². The van der Waals surface area contributed by atoms with Crippen molar-refractivity contribution in [1.29, 1.82) is 0 Å². The van der Waals surface area contributed by atoms with Crippen LogP contribution in [0, 0.1) is 5.92 Å². The van der Waals surface area contributed by atoms with Crippen LogP contribution in [0.5, 0.6) is 0 Å². The summed E-state index contributed by atoms with van der Waals surface area (Å²) in [5.41, 5.74) is -0.804. The highest BCUT2D eigenvalue weighted by molar-refractivity contribution is 6.31. The molecule has 1 aromatic rings. The van der Waals surface area contributed by atoms with Gasteiger partial charge < -0.3 is 15.1 Å². The number of alkyl halides is 3. The van der Waals surface area contributed by atoms with Crippen LogP contribution in [-0.2, 0) is 11.0 Å². The molecular weight excluding hydrogens is 391 g/mol. The molecule has 2 fully saturated rings. The van der Waals surface area contributed by atoms with E-state index in [0.29, 0.717) is 0 Å². The Morgan fingerprint density at radius 2 is 1.71 bits per heavy atom. The minimum absolute atomic E-state index is 0.127. The lowest BCUT2D eigenvalue weighted by Crippen LogP contribution is -3.28. The normalized spacial score (nSPS) is 24.1. The number of anilines is 1. The molecule has 1 aliphatic heterocycles. The molecule has 0 spiro atoms. The number of carbonyl (C=O) groups excluding carboxylic acids is 1. The van der Waals surface area contributed by atoms with Gasteiger partial charge in [-0.2, -0.15) is 13.2 Å². The molecule has 0 unspecified atom stereocenters. The Labute approximate surface area is 169 Å². The maximum atomic E-state index is 12.9. The summed E-state index contributed by atoms with van der Waals surface area (Å²) in [6.45, 7) is 5.47. The van der Waals surface area contributed by atoms with Crippen LogP contribution >= 0.6 is 11.6 Å². The number of carbonyl (C=O) groups is 1. The number of quaternary nitrogens is 2. The minimum atomic E-state index is -4.54. The van der Waals surface area contributed by atoms with E-state index in [4.69, 9.17) is 11.6 Å². The van der Waals surface area contributed by atoms with Crippen LogP contribution in [-0.4, -0.2) is 45.2 Å². The third-order valence-electron chi connectivity index (χ3n) is 5.93. The van der Waals surface area contributed by atoms with Crippen molar-refractivity contribution < 1.29 is 27.8 Å². The molecule has 156 valence electrons. The first-order valence-corrected chi connectivity index (χ1v) is 10.5. The number of halogens is 4. The fourth-order valence-corrected chi connectivity index (χ4v) is 4.61. The molecule has 2 aliphatic rings. The molecule has 1 saturated carbocycles. The minimum Gasteiger partial charge on any atom is -0.325 e. The summed E-state index contributed by atoms with van der Waals surface area (Å²) in [6.07, 6.45) is 2.25. The van der Waals surface area contributed by atoms with Gasteiger partial charge >= 0.3 is 6.18 Å². The van der Waals surface area contributed by atoms with Crippen molar-refractivity contribution in [2.45, 2.75) is 38.3 Å². The molecule has 1 amide bonds. The number of benzene rings is 1. The first-order valence-electron chi connectivity index (χ1n) is 10.1. The molecule has 1 saturated heterocycles. The van der Waals surface area contributed by atoms with E-state index in [1.54, 1.807) is 4.90 Å². The number of hydrogen-bond donors (Lipinski definition) is 3. The summed E-state index contributed by atoms with van der Waals surface area (Å²) in [7, 11) is 0. The maximum Gasteiger partial charge on any atom is 0.417 e. The van der Waals surface area contributed by atoms with Crippen molar-refractivity contribution in [1.82, 2.24) is 0 Å². The van der Waals surface area contributed by atoms with Crippen LogP contribution in [0.3, 0.4) is 0 Å². The van der Waals surface area contributed by atoms with Gasteiger partial charge in [0, 0.05) is 11.6 Å².